The fourth-order valence-corrected chi connectivity index (χ4v) is 4.65. The van der Waals surface area contributed by atoms with Crippen LogP contribution in [0.4, 0.5) is 5.95 Å². The summed E-state index contributed by atoms with van der Waals surface area (Å²) in [7, 11) is 1.70. The molecule has 1 atom stereocenters. The van der Waals surface area contributed by atoms with Crippen LogP contribution in [0.3, 0.4) is 0 Å². The first-order valence-corrected chi connectivity index (χ1v) is 9.99. The van der Waals surface area contributed by atoms with E-state index in [9.17, 15) is 9.59 Å². The highest BCUT2D eigenvalue weighted by Crippen LogP contribution is 2.32. The number of allylic oxidation sites excluding steroid dienone is 1. The number of rotatable bonds is 3. The van der Waals surface area contributed by atoms with Crippen molar-refractivity contribution in [3.8, 4) is 0 Å². The van der Waals surface area contributed by atoms with Crippen LogP contribution >= 0.6 is 0 Å². The van der Waals surface area contributed by atoms with Crippen molar-refractivity contribution >= 4 is 17.1 Å². The SMILES string of the molecule is C=C(C)Cn1c(=O)c2c(nc3n2C[C@H](C)CN3C2CCCCC2)n(C)c1=O. The number of hydrogen-bond donors (Lipinski definition) is 0. The Bertz CT molecular complexity index is 1010. The van der Waals surface area contributed by atoms with Gasteiger partial charge in [0, 0.05) is 26.2 Å². The van der Waals surface area contributed by atoms with Crippen LogP contribution in [0.15, 0.2) is 21.7 Å². The van der Waals surface area contributed by atoms with Crippen LogP contribution in [0, 0.1) is 5.92 Å². The van der Waals surface area contributed by atoms with Crippen molar-refractivity contribution in [2.45, 2.75) is 65.1 Å². The summed E-state index contributed by atoms with van der Waals surface area (Å²) in [5.41, 5.74) is 1.23. The van der Waals surface area contributed by atoms with Gasteiger partial charge >= 0.3 is 5.69 Å². The lowest BCUT2D eigenvalue weighted by molar-refractivity contribution is 0.354. The lowest BCUT2D eigenvalue weighted by Crippen LogP contribution is -2.45. The second-order valence-electron chi connectivity index (χ2n) is 8.43. The number of imidazole rings is 1. The zero-order chi connectivity index (χ0) is 19.3. The average Bonchev–Trinajstić information content (AvgIpc) is 3.03. The molecule has 1 fully saturated rings. The van der Waals surface area contributed by atoms with Gasteiger partial charge in [-0.25, -0.2) is 4.79 Å². The van der Waals surface area contributed by atoms with Crippen LogP contribution in [0.2, 0.25) is 0 Å². The molecule has 146 valence electrons. The smallest absolute Gasteiger partial charge is 0.332 e. The minimum Gasteiger partial charge on any atom is -0.339 e. The Morgan fingerprint density at radius 1 is 1.19 bits per heavy atom. The number of anilines is 1. The molecule has 1 saturated carbocycles. The number of nitrogens with zero attached hydrogens (tertiary/aromatic N) is 5. The topological polar surface area (TPSA) is 65.1 Å². The molecule has 0 aromatic carbocycles. The molecule has 3 heterocycles. The van der Waals surface area contributed by atoms with Gasteiger partial charge in [-0.05, 0) is 25.7 Å². The molecule has 0 unspecified atom stereocenters. The van der Waals surface area contributed by atoms with Crippen LogP contribution in [0.25, 0.3) is 11.2 Å². The molecule has 0 saturated heterocycles. The van der Waals surface area contributed by atoms with E-state index < -0.39 is 0 Å². The van der Waals surface area contributed by atoms with Crippen LogP contribution in [-0.2, 0) is 20.1 Å². The van der Waals surface area contributed by atoms with E-state index in [1.807, 2.05) is 6.92 Å². The molecule has 2 aromatic rings. The van der Waals surface area contributed by atoms with E-state index >= 15 is 0 Å². The van der Waals surface area contributed by atoms with E-state index in [1.165, 1.54) is 41.2 Å². The van der Waals surface area contributed by atoms with Crippen molar-refractivity contribution in [3.63, 3.8) is 0 Å². The second-order valence-corrected chi connectivity index (χ2v) is 8.43. The zero-order valence-electron chi connectivity index (χ0n) is 16.6. The first-order chi connectivity index (χ1) is 12.9. The maximum atomic E-state index is 13.2. The molecule has 2 aromatic heterocycles. The van der Waals surface area contributed by atoms with E-state index in [-0.39, 0.29) is 17.8 Å². The lowest BCUT2D eigenvalue weighted by Gasteiger charge is -2.40. The van der Waals surface area contributed by atoms with Gasteiger partial charge in [-0.1, -0.05) is 38.3 Å². The standard InChI is InChI=1S/C20H29N5O2/c1-13(2)10-25-18(26)16-17(22(4)20(25)27)21-19-23(11-14(3)12-24(16)19)15-8-6-5-7-9-15/h14-15H,1,5-12H2,2-4H3/t14-/m1/s1. The largest absolute Gasteiger partial charge is 0.339 e. The van der Waals surface area contributed by atoms with Crippen molar-refractivity contribution in [2.24, 2.45) is 13.0 Å². The molecule has 0 amide bonds. The highest BCUT2D eigenvalue weighted by molar-refractivity contribution is 5.75. The summed E-state index contributed by atoms with van der Waals surface area (Å²) in [5.74, 6) is 1.29. The summed E-state index contributed by atoms with van der Waals surface area (Å²) < 4.78 is 4.84. The first-order valence-electron chi connectivity index (χ1n) is 9.99. The van der Waals surface area contributed by atoms with E-state index in [1.54, 1.807) is 7.05 Å². The summed E-state index contributed by atoms with van der Waals surface area (Å²) in [4.78, 5) is 33.1. The maximum absolute atomic E-state index is 13.2. The van der Waals surface area contributed by atoms with Crippen molar-refractivity contribution in [1.29, 1.82) is 0 Å². The highest BCUT2D eigenvalue weighted by Gasteiger charge is 2.33. The molecular weight excluding hydrogens is 342 g/mol. The predicted molar refractivity (Wildman–Crippen MR) is 107 cm³/mol. The zero-order valence-corrected chi connectivity index (χ0v) is 16.6. The third kappa shape index (κ3) is 2.93. The maximum Gasteiger partial charge on any atom is 0.332 e. The Hall–Kier alpha value is -2.31. The van der Waals surface area contributed by atoms with Gasteiger partial charge in [0.05, 0.1) is 6.54 Å². The fraction of sp³-hybridized carbons (Fsp3) is 0.650. The average molecular weight is 371 g/mol. The van der Waals surface area contributed by atoms with Gasteiger partial charge in [-0.3, -0.25) is 13.9 Å². The van der Waals surface area contributed by atoms with Crippen LogP contribution in [0.5, 0.6) is 0 Å². The van der Waals surface area contributed by atoms with E-state index in [4.69, 9.17) is 4.98 Å². The quantitative estimate of drug-likeness (QED) is 0.777. The molecule has 7 heteroatoms. The van der Waals surface area contributed by atoms with Crippen molar-refractivity contribution in [1.82, 2.24) is 18.7 Å². The highest BCUT2D eigenvalue weighted by atomic mass is 16.2. The van der Waals surface area contributed by atoms with Gasteiger partial charge in [-0.15, -0.1) is 0 Å². The molecule has 0 N–H and O–H groups in total. The molecule has 4 rings (SSSR count). The third-order valence-corrected chi connectivity index (χ3v) is 5.92. The molecule has 1 aliphatic carbocycles. The van der Waals surface area contributed by atoms with Crippen LogP contribution < -0.4 is 16.1 Å². The Labute approximate surface area is 158 Å². The van der Waals surface area contributed by atoms with Gasteiger partial charge in [0.15, 0.2) is 11.2 Å². The van der Waals surface area contributed by atoms with Gasteiger partial charge in [0.1, 0.15) is 0 Å². The van der Waals surface area contributed by atoms with E-state index in [2.05, 4.69) is 23.0 Å². The summed E-state index contributed by atoms with van der Waals surface area (Å²) in [6, 6.07) is 0.478. The summed E-state index contributed by atoms with van der Waals surface area (Å²) in [6.45, 7) is 9.87. The molecule has 0 radical (unpaired) electrons. The summed E-state index contributed by atoms with van der Waals surface area (Å²) in [6.07, 6.45) is 6.15. The molecule has 1 aliphatic heterocycles. The monoisotopic (exact) mass is 371 g/mol. The van der Waals surface area contributed by atoms with E-state index in [0.717, 1.165) is 24.6 Å². The molecular formula is C20H29N5O2. The minimum atomic E-state index is -0.330. The number of aromatic nitrogens is 4. The first kappa shape index (κ1) is 18.1. The van der Waals surface area contributed by atoms with Crippen molar-refractivity contribution in [3.05, 3.63) is 33.0 Å². The van der Waals surface area contributed by atoms with Gasteiger partial charge in [0.2, 0.25) is 5.95 Å². The molecule has 0 bridgehead atoms. The third-order valence-electron chi connectivity index (χ3n) is 5.92. The normalized spacial score (nSPS) is 20.9. The molecule has 7 nitrogen and oxygen atoms in total. The second kappa shape index (κ2) is 6.69. The van der Waals surface area contributed by atoms with Gasteiger partial charge < -0.3 is 9.47 Å². The summed E-state index contributed by atoms with van der Waals surface area (Å²) in [5, 5.41) is 0. The van der Waals surface area contributed by atoms with Crippen molar-refractivity contribution < 1.29 is 0 Å². The summed E-state index contributed by atoms with van der Waals surface area (Å²) >= 11 is 0. The van der Waals surface area contributed by atoms with Gasteiger partial charge in [-0.2, -0.15) is 4.98 Å². The predicted octanol–water partition coefficient (Wildman–Crippen LogP) is 2.26. The Balaban J connectivity index is 1.94. The Morgan fingerprint density at radius 3 is 2.56 bits per heavy atom. The Kier molecular flexibility index (Phi) is 4.48. The molecule has 27 heavy (non-hydrogen) atoms. The molecule has 0 spiro atoms. The molecule has 2 aliphatic rings. The fourth-order valence-electron chi connectivity index (χ4n) is 4.65. The van der Waals surface area contributed by atoms with Crippen LogP contribution in [0.1, 0.15) is 46.0 Å². The van der Waals surface area contributed by atoms with Crippen molar-refractivity contribution in [2.75, 3.05) is 11.4 Å². The number of aryl methyl sites for hydroxylation is 1. The Morgan fingerprint density at radius 2 is 1.89 bits per heavy atom. The minimum absolute atomic E-state index is 0.240. The number of fused-ring (bicyclic) bond motifs is 3. The lowest BCUT2D eigenvalue weighted by atomic mass is 9.93. The van der Waals surface area contributed by atoms with E-state index in [0.29, 0.717) is 23.1 Å². The number of hydrogen-bond acceptors (Lipinski definition) is 4. The van der Waals surface area contributed by atoms with Gasteiger partial charge in [0.25, 0.3) is 5.56 Å². The van der Waals surface area contributed by atoms with Crippen LogP contribution in [-0.4, -0.2) is 31.3 Å².